The number of hydrogen-bond donors (Lipinski definition) is 1. The van der Waals surface area contributed by atoms with Crippen molar-refractivity contribution in [2.24, 2.45) is 5.92 Å². The van der Waals surface area contributed by atoms with Crippen molar-refractivity contribution in [3.63, 3.8) is 0 Å². The summed E-state index contributed by atoms with van der Waals surface area (Å²) >= 11 is 0. The number of amides is 1. The minimum Gasteiger partial charge on any atom is -0.373 e. The van der Waals surface area contributed by atoms with E-state index in [0.29, 0.717) is 0 Å². The molecule has 1 aliphatic heterocycles. The monoisotopic (exact) mass is 289 g/mol. The Bertz CT molecular complexity index is 487. The summed E-state index contributed by atoms with van der Waals surface area (Å²) in [6.07, 6.45) is 5.39. The number of anilines is 1. The van der Waals surface area contributed by atoms with Gasteiger partial charge < -0.3 is 10.2 Å². The van der Waals surface area contributed by atoms with Gasteiger partial charge >= 0.3 is 0 Å². The smallest absolute Gasteiger partial charge is 0.254 e. The van der Waals surface area contributed by atoms with Crippen LogP contribution in [-0.4, -0.2) is 35.9 Å². The van der Waals surface area contributed by atoms with Crippen molar-refractivity contribution in [1.29, 1.82) is 0 Å². The molecule has 1 saturated heterocycles. The maximum Gasteiger partial charge on any atom is 0.254 e. The first-order chi connectivity index (χ1) is 10.1. The average Bonchev–Trinajstić information content (AvgIpc) is 2.71. The standard InChI is InChI=1S/C17H27N3O/c1-4-6-15-11-14(12-16(18-3)19-15)17(21)20-9-5-7-13(2)8-10-20/h11-13H,4-10H2,1-3H3,(H,18,19). The molecular formula is C17H27N3O. The first-order valence-corrected chi connectivity index (χ1v) is 8.12. The summed E-state index contributed by atoms with van der Waals surface area (Å²) in [7, 11) is 1.85. The van der Waals surface area contributed by atoms with E-state index < -0.39 is 0 Å². The van der Waals surface area contributed by atoms with Crippen molar-refractivity contribution in [2.75, 3.05) is 25.5 Å². The highest BCUT2D eigenvalue weighted by molar-refractivity contribution is 5.95. The molecule has 1 fully saturated rings. The Balaban J connectivity index is 2.19. The van der Waals surface area contributed by atoms with Crippen molar-refractivity contribution in [3.8, 4) is 0 Å². The molecule has 4 heteroatoms. The Morgan fingerprint density at radius 2 is 2.19 bits per heavy atom. The first-order valence-electron chi connectivity index (χ1n) is 8.12. The average molecular weight is 289 g/mol. The van der Waals surface area contributed by atoms with E-state index in [9.17, 15) is 4.79 Å². The Morgan fingerprint density at radius 3 is 2.90 bits per heavy atom. The molecule has 1 N–H and O–H groups in total. The molecule has 1 amide bonds. The number of carbonyl (C=O) groups is 1. The number of nitrogens with one attached hydrogen (secondary N) is 1. The van der Waals surface area contributed by atoms with E-state index in [1.165, 1.54) is 6.42 Å². The number of pyridine rings is 1. The molecule has 0 aromatic carbocycles. The lowest BCUT2D eigenvalue weighted by atomic mass is 10.0. The van der Waals surface area contributed by atoms with E-state index in [4.69, 9.17) is 0 Å². The SMILES string of the molecule is CCCc1cc(C(=O)N2CCCC(C)CC2)cc(NC)n1. The molecule has 1 aromatic heterocycles. The van der Waals surface area contributed by atoms with Crippen molar-refractivity contribution in [3.05, 3.63) is 23.4 Å². The van der Waals surface area contributed by atoms with Gasteiger partial charge in [-0.05, 0) is 43.7 Å². The fourth-order valence-corrected chi connectivity index (χ4v) is 2.87. The molecule has 1 aliphatic rings. The Hall–Kier alpha value is -1.58. The van der Waals surface area contributed by atoms with Crippen molar-refractivity contribution in [2.45, 2.75) is 46.0 Å². The highest BCUT2D eigenvalue weighted by Crippen LogP contribution is 2.20. The van der Waals surface area contributed by atoms with Crippen LogP contribution >= 0.6 is 0 Å². The molecule has 1 aromatic rings. The lowest BCUT2D eigenvalue weighted by Gasteiger charge is -2.21. The van der Waals surface area contributed by atoms with Gasteiger partial charge in [0.2, 0.25) is 0 Å². The number of carbonyl (C=O) groups excluding carboxylic acids is 1. The molecule has 0 saturated carbocycles. The van der Waals surface area contributed by atoms with E-state index in [0.717, 1.165) is 61.8 Å². The van der Waals surface area contributed by atoms with Gasteiger partial charge in [-0.15, -0.1) is 0 Å². The second-order valence-corrected chi connectivity index (χ2v) is 6.06. The van der Waals surface area contributed by atoms with Gasteiger partial charge in [0.1, 0.15) is 5.82 Å². The van der Waals surface area contributed by atoms with Gasteiger partial charge in [0.05, 0.1) is 0 Å². The summed E-state index contributed by atoms with van der Waals surface area (Å²) in [4.78, 5) is 19.3. The molecule has 116 valence electrons. The molecular weight excluding hydrogens is 262 g/mol. The topological polar surface area (TPSA) is 45.2 Å². The first kappa shape index (κ1) is 15.8. The van der Waals surface area contributed by atoms with Crippen molar-refractivity contribution < 1.29 is 4.79 Å². The quantitative estimate of drug-likeness (QED) is 0.924. The molecule has 2 heterocycles. The molecule has 0 radical (unpaired) electrons. The summed E-state index contributed by atoms with van der Waals surface area (Å²) in [6, 6.07) is 3.83. The Labute approximate surface area is 127 Å². The molecule has 0 aliphatic carbocycles. The Kier molecular flexibility index (Phi) is 5.59. The van der Waals surface area contributed by atoms with E-state index in [1.54, 1.807) is 0 Å². The minimum absolute atomic E-state index is 0.153. The van der Waals surface area contributed by atoms with E-state index in [1.807, 2.05) is 24.1 Å². The second kappa shape index (κ2) is 7.43. The zero-order valence-corrected chi connectivity index (χ0v) is 13.5. The van der Waals surface area contributed by atoms with Gasteiger partial charge in [0.15, 0.2) is 0 Å². The van der Waals surface area contributed by atoms with Crippen LogP contribution in [0.2, 0.25) is 0 Å². The normalized spacial score (nSPS) is 19.2. The highest BCUT2D eigenvalue weighted by Gasteiger charge is 2.20. The van der Waals surface area contributed by atoms with Gasteiger partial charge in [0.25, 0.3) is 5.91 Å². The maximum absolute atomic E-state index is 12.8. The molecule has 2 rings (SSSR count). The molecule has 21 heavy (non-hydrogen) atoms. The van der Waals surface area contributed by atoms with Gasteiger partial charge in [0, 0.05) is 31.4 Å². The Morgan fingerprint density at radius 1 is 1.38 bits per heavy atom. The fourth-order valence-electron chi connectivity index (χ4n) is 2.87. The third kappa shape index (κ3) is 4.19. The number of likely N-dealkylation sites (tertiary alicyclic amines) is 1. The van der Waals surface area contributed by atoms with E-state index >= 15 is 0 Å². The molecule has 4 nitrogen and oxygen atoms in total. The molecule has 0 bridgehead atoms. The predicted molar refractivity (Wildman–Crippen MR) is 86.7 cm³/mol. The van der Waals surface area contributed by atoms with Gasteiger partial charge in [-0.25, -0.2) is 4.98 Å². The maximum atomic E-state index is 12.8. The number of aryl methyl sites for hydroxylation is 1. The molecule has 1 unspecified atom stereocenters. The van der Waals surface area contributed by atoms with Crippen LogP contribution in [0.1, 0.15) is 55.6 Å². The van der Waals surface area contributed by atoms with Crippen LogP contribution in [0.4, 0.5) is 5.82 Å². The largest absolute Gasteiger partial charge is 0.373 e. The van der Waals surface area contributed by atoms with Crippen LogP contribution in [0.25, 0.3) is 0 Å². The van der Waals surface area contributed by atoms with Crippen molar-refractivity contribution >= 4 is 11.7 Å². The van der Waals surface area contributed by atoms with Crippen molar-refractivity contribution in [1.82, 2.24) is 9.88 Å². The predicted octanol–water partition coefficient (Wildman–Crippen LogP) is 3.34. The summed E-state index contributed by atoms with van der Waals surface area (Å²) in [6.45, 7) is 6.16. The third-order valence-electron chi connectivity index (χ3n) is 4.19. The number of aromatic nitrogens is 1. The second-order valence-electron chi connectivity index (χ2n) is 6.06. The summed E-state index contributed by atoms with van der Waals surface area (Å²) in [5.74, 6) is 1.66. The molecule has 1 atom stereocenters. The summed E-state index contributed by atoms with van der Waals surface area (Å²) in [5.41, 5.74) is 1.77. The zero-order chi connectivity index (χ0) is 15.2. The van der Waals surface area contributed by atoms with Crippen LogP contribution in [0.3, 0.4) is 0 Å². The minimum atomic E-state index is 0.153. The number of rotatable bonds is 4. The third-order valence-corrected chi connectivity index (χ3v) is 4.19. The van der Waals surface area contributed by atoms with Gasteiger partial charge in [-0.1, -0.05) is 20.3 Å². The van der Waals surface area contributed by atoms with Gasteiger partial charge in [-0.2, -0.15) is 0 Å². The summed E-state index contributed by atoms with van der Waals surface area (Å²) < 4.78 is 0. The highest BCUT2D eigenvalue weighted by atomic mass is 16.2. The van der Waals surface area contributed by atoms with Crippen LogP contribution in [-0.2, 0) is 6.42 Å². The number of hydrogen-bond acceptors (Lipinski definition) is 3. The van der Waals surface area contributed by atoms with E-state index in [2.05, 4.69) is 24.1 Å². The van der Waals surface area contributed by atoms with Crippen LogP contribution < -0.4 is 5.32 Å². The van der Waals surface area contributed by atoms with Crippen LogP contribution in [0.5, 0.6) is 0 Å². The zero-order valence-electron chi connectivity index (χ0n) is 13.5. The fraction of sp³-hybridized carbons (Fsp3) is 0.647. The lowest BCUT2D eigenvalue weighted by molar-refractivity contribution is 0.0760. The van der Waals surface area contributed by atoms with E-state index in [-0.39, 0.29) is 5.91 Å². The lowest BCUT2D eigenvalue weighted by Crippen LogP contribution is -2.32. The van der Waals surface area contributed by atoms with Gasteiger partial charge in [-0.3, -0.25) is 4.79 Å². The molecule has 0 spiro atoms. The van der Waals surface area contributed by atoms with Crippen LogP contribution in [0, 0.1) is 5.92 Å². The number of nitrogens with zero attached hydrogens (tertiary/aromatic N) is 2. The van der Waals surface area contributed by atoms with Crippen LogP contribution in [0.15, 0.2) is 12.1 Å². The summed E-state index contributed by atoms with van der Waals surface area (Å²) in [5, 5.41) is 3.06.